The van der Waals surface area contributed by atoms with E-state index in [0.717, 1.165) is 36.8 Å². The van der Waals surface area contributed by atoms with Crippen LogP contribution in [0.25, 0.3) is 0 Å². The number of nitrogens with one attached hydrogen (secondary N) is 1. The zero-order chi connectivity index (χ0) is 21.9. The van der Waals surface area contributed by atoms with Gasteiger partial charge in [0.2, 0.25) is 5.91 Å². The summed E-state index contributed by atoms with van der Waals surface area (Å²) in [4.78, 5) is 28.2. The van der Waals surface area contributed by atoms with Crippen molar-refractivity contribution in [2.24, 2.45) is 0 Å². The van der Waals surface area contributed by atoms with E-state index in [4.69, 9.17) is 4.42 Å². The summed E-state index contributed by atoms with van der Waals surface area (Å²) >= 11 is 0. The molecule has 1 N–H and O–H groups in total. The molecule has 1 atom stereocenters. The lowest BCUT2D eigenvalue weighted by Gasteiger charge is -2.37. The van der Waals surface area contributed by atoms with Crippen LogP contribution in [0, 0.1) is 0 Å². The van der Waals surface area contributed by atoms with Gasteiger partial charge >= 0.3 is 0 Å². The van der Waals surface area contributed by atoms with Gasteiger partial charge in [-0.3, -0.25) is 9.59 Å². The molecule has 2 heterocycles. The first-order valence-electron chi connectivity index (χ1n) is 11.5. The average molecular weight is 429 g/mol. The monoisotopic (exact) mass is 428 g/mol. The molecule has 3 aromatic rings. The number of fused-ring (bicyclic) bond motifs is 1. The lowest BCUT2D eigenvalue weighted by Crippen LogP contribution is -2.54. The molecule has 1 aliphatic heterocycles. The van der Waals surface area contributed by atoms with Gasteiger partial charge in [0.05, 0.1) is 6.26 Å². The van der Waals surface area contributed by atoms with Crippen molar-refractivity contribution in [1.29, 1.82) is 0 Å². The molecule has 5 rings (SSSR count). The van der Waals surface area contributed by atoms with Gasteiger partial charge in [0.15, 0.2) is 5.76 Å². The Bertz CT molecular complexity index is 1070. The smallest absolute Gasteiger partial charge is 0.290 e. The Hall–Kier alpha value is -3.34. The summed E-state index contributed by atoms with van der Waals surface area (Å²) < 4.78 is 5.35. The molecule has 2 amide bonds. The number of rotatable bonds is 4. The van der Waals surface area contributed by atoms with Crippen LogP contribution in [0.1, 0.15) is 58.8 Å². The Labute approximate surface area is 188 Å². The van der Waals surface area contributed by atoms with Crippen molar-refractivity contribution in [2.75, 3.05) is 0 Å². The SMILES string of the molecule is O=C(NC1CCC(c2ccccc2)CC1)C1Cc2ccccc2CN1C(=O)c1ccco1. The molecule has 5 nitrogen and oxygen atoms in total. The summed E-state index contributed by atoms with van der Waals surface area (Å²) in [5.74, 6) is 0.522. The molecule has 1 unspecified atom stereocenters. The van der Waals surface area contributed by atoms with Crippen LogP contribution >= 0.6 is 0 Å². The first-order chi connectivity index (χ1) is 15.7. The maximum Gasteiger partial charge on any atom is 0.290 e. The number of carbonyl (C=O) groups is 2. The van der Waals surface area contributed by atoms with Crippen LogP contribution in [0.2, 0.25) is 0 Å². The minimum absolute atomic E-state index is 0.0671. The van der Waals surface area contributed by atoms with E-state index in [1.807, 2.05) is 24.3 Å². The molecule has 32 heavy (non-hydrogen) atoms. The van der Waals surface area contributed by atoms with E-state index in [9.17, 15) is 9.59 Å². The van der Waals surface area contributed by atoms with Gasteiger partial charge in [-0.2, -0.15) is 0 Å². The Kier molecular flexibility index (Phi) is 5.80. The minimum Gasteiger partial charge on any atom is -0.459 e. The van der Waals surface area contributed by atoms with Crippen molar-refractivity contribution in [1.82, 2.24) is 10.2 Å². The van der Waals surface area contributed by atoms with Gasteiger partial charge in [0.1, 0.15) is 6.04 Å². The zero-order valence-corrected chi connectivity index (χ0v) is 18.1. The molecule has 0 saturated heterocycles. The molecule has 1 fully saturated rings. The normalized spacial score (nSPS) is 22.8. The Morgan fingerprint density at radius 2 is 1.56 bits per heavy atom. The predicted octanol–water partition coefficient (Wildman–Crippen LogP) is 4.69. The van der Waals surface area contributed by atoms with Crippen molar-refractivity contribution in [3.63, 3.8) is 0 Å². The van der Waals surface area contributed by atoms with E-state index in [2.05, 4.69) is 35.6 Å². The van der Waals surface area contributed by atoms with Crippen LogP contribution in [0.15, 0.2) is 77.4 Å². The number of nitrogens with zero attached hydrogens (tertiary/aromatic N) is 1. The maximum atomic E-state index is 13.4. The van der Waals surface area contributed by atoms with E-state index in [-0.39, 0.29) is 23.6 Å². The van der Waals surface area contributed by atoms with Crippen molar-refractivity contribution in [3.8, 4) is 0 Å². The van der Waals surface area contributed by atoms with Gasteiger partial charge < -0.3 is 14.6 Å². The minimum atomic E-state index is -0.533. The highest BCUT2D eigenvalue weighted by atomic mass is 16.3. The topological polar surface area (TPSA) is 62.6 Å². The third-order valence-electron chi connectivity index (χ3n) is 6.89. The molecule has 2 aliphatic rings. The van der Waals surface area contributed by atoms with Crippen LogP contribution in [-0.4, -0.2) is 28.8 Å². The van der Waals surface area contributed by atoms with Gasteiger partial charge in [-0.25, -0.2) is 0 Å². The van der Waals surface area contributed by atoms with Crippen molar-refractivity contribution in [3.05, 3.63) is 95.4 Å². The second kappa shape index (κ2) is 9.03. The Morgan fingerprint density at radius 1 is 0.844 bits per heavy atom. The molecular weight excluding hydrogens is 400 g/mol. The molecule has 5 heteroatoms. The lowest BCUT2D eigenvalue weighted by molar-refractivity contribution is -0.127. The van der Waals surface area contributed by atoms with Crippen LogP contribution in [0.4, 0.5) is 0 Å². The zero-order valence-electron chi connectivity index (χ0n) is 18.1. The first-order valence-corrected chi connectivity index (χ1v) is 11.5. The third kappa shape index (κ3) is 4.20. The van der Waals surface area contributed by atoms with Crippen molar-refractivity contribution < 1.29 is 14.0 Å². The van der Waals surface area contributed by atoms with Crippen LogP contribution in [0.3, 0.4) is 0 Å². The Morgan fingerprint density at radius 3 is 2.28 bits per heavy atom. The number of amides is 2. The van der Waals surface area contributed by atoms with Gasteiger partial charge in [-0.05, 0) is 60.4 Å². The van der Waals surface area contributed by atoms with E-state index in [0.29, 0.717) is 18.9 Å². The second-order valence-electron chi connectivity index (χ2n) is 8.87. The summed E-state index contributed by atoms with van der Waals surface area (Å²) in [6, 6.07) is 21.6. The summed E-state index contributed by atoms with van der Waals surface area (Å²) in [7, 11) is 0. The van der Waals surface area contributed by atoms with Gasteiger partial charge in [-0.15, -0.1) is 0 Å². The maximum absolute atomic E-state index is 13.4. The predicted molar refractivity (Wildman–Crippen MR) is 122 cm³/mol. The van der Waals surface area contributed by atoms with Gasteiger partial charge in [-0.1, -0.05) is 54.6 Å². The number of carbonyl (C=O) groups excluding carboxylic acids is 2. The fourth-order valence-electron chi connectivity index (χ4n) is 5.11. The highest BCUT2D eigenvalue weighted by Gasteiger charge is 2.37. The number of hydrogen-bond donors (Lipinski definition) is 1. The molecule has 164 valence electrons. The second-order valence-corrected chi connectivity index (χ2v) is 8.87. The summed E-state index contributed by atoms with van der Waals surface area (Å²) in [5, 5.41) is 3.26. The largest absolute Gasteiger partial charge is 0.459 e. The molecule has 2 aromatic carbocycles. The third-order valence-corrected chi connectivity index (χ3v) is 6.89. The highest BCUT2D eigenvalue weighted by molar-refractivity contribution is 5.96. The van der Waals surface area contributed by atoms with Gasteiger partial charge in [0.25, 0.3) is 5.91 Å². The summed E-state index contributed by atoms with van der Waals surface area (Å²) in [6.07, 6.45) is 6.07. The standard InChI is InChI=1S/C27H28N2O3/c30-26(28-23-14-12-20(13-15-23)19-7-2-1-3-8-19)24-17-21-9-4-5-10-22(21)18-29(24)27(31)25-11-6-16-32-25/h1-11,16,20,23-24H,12-15,17-18H2,(H,28,30). The quantitative estimate of drug-likeness (QED) is 0.656. The van der Waals surface area contributed by atoms with Crippen LogP contribution in [0.5, 0.6) is 0 Å². The lowest BCUT2D eigenvalue weighted by atomic mass is 9.81. The van der Waals surface area contributed by atoms with Crippen LogP contribution in [-0.2, 0) is 17.8 Å². The molecule has 1 aliphatic carbocycles. The Balaban J connectivity index is 1.28. The van der Waals surface area contributed by atoms with Gasteiger partial charge in [0, 0.05) is 19.0 Å². The van der Waals surface area contributed by atoms with Crippen molar-refractivity contribution in [2.45, 2.75) is 56.7 Å². The first kappa shape index (κ1) is 20.6. The van der Waals surface area contributed by atoms with E-state index in [1.165, 1.54) is 11.8 Å². The molecule has 1 saturated carbocycles. The highest BCUT2D eigenvalue weighted by Crippen LogP contribution is 2.33. The molecular formula is C27H28N2O3. The summed E-state index contributed by atoms with van der Waals surface area (Å²) in [6.45, 7) is 0.411. The summed E-state index contributed by atoms with van der Waals surface area (Å²) in [5.41, 5.74) is 3.60. The van der Waals surface area contributed by atoms with E-state index in [1.54, 1.807) is 17.0 Å². The number of hydrogen-bond acceptors (Lipinski definition) is 3. The van der Waals surface area contributed by atoms with Crippen molar-refractivity contribution >= 4 is 11.8 Å². The fourth-order valence-corrected chi connectivity index (χ4v) is 5.11. The number of benzene rings is 2. The van der Waals surface area contributed by atoms with E-state index < -0.39 is 6.04 Å². The average Bonchev–Trinajstić information content (AvgIpc) is 3.39. The number of furan rings is 1. The molecule has 0 radical (unpaired) electrons. The molecule has 0 bridgehead atoms. The fraction of sp³-hybridized carbons (Fsp3) is 0.333. The van der Waals surface area contributed by atoms with E-state index >= 15 is 0 Å². The van der Waals surface area contributed by atoms with Crippen LogP contribution < -0.4 is 5.32 Å². The molecule has 1 aromatic heterocycles. The molecule has 0 spiro atoms.